The Labute approximate surface area is 126 Å². The third-order valence-corrected chi connectivity index (χ3v) is 4.86. The lowest BCUT2D eigenvalue weighted by molar-refractivity contribution is 0.189. The quantitative estimate of drug-likeness (QED) is 0.628. The van der Waals surface area contributed by atoms with Gasteiger partial charge in [0.1, 0.15) is 6.61 Å². The molecule has 0 fully saturated rings. The first-order valence-corrected chi connectivity index (χ1v) is 8.03. The van der Waals surface area contributed by atoms with Gasteiger partial charge in [0.15, 0.2) is 0 Å². The number of ether oxygens (including phenoxy) is 1. The summed E-state index contributed by atoms with van der Waals surface area (Å²) in [7, 11) is -0.487. The molecule has 0 heterocycles. The average Bonchev–Trinajstić information content (AvgIpc) is 2.45. The molecule has 0 saturated heterocycles. The first-order chi connectivity index (χ1) is 9.93. The maximum absolute atomic E-state index is 12.6. The number of nitrogens with zero attached hydrogens (tertiary/aromatic N) is 1. The summed E-state index contributed by atoms with van der Waals surface area (Å²) in [5.74, 6) is 5.20. The summed E-state index contributed by atoms with van der Waals surface area (Å²) in [6, 6.07) is 5.00. The Morgan fingerprint density at radius 3 is 2.71 bits per heavy atom. The minimum atomic E-state index is -3.60. The number of rotatable bonds is 6. The molecule has 6 heteroatoms. The van der Waals surface area contributed by atoms with E-state index in [2.05, 4.69) is 11.8 Å². The van der Waals surface area contributed by atoms with Crippen molar-refractivity contribution in [3.8, 4) is 11.8 Å². The lowest BCUT2D eigenvalue weighted by Gasteiger charge is -2.18. The van der Waals surface area contributed by atoms with Gasteiger partial charge in [0, 0.05) is 32.9 Å². The Morgan fingerprint density at radius 1 is 1.38 bits per heavy atom. The highest BCUT2D eigenvalue weighted by atomic mass is 32.2. The summed E-state index contributed by atoms with van der Waals surface area (Å²) in [5, 5.41) is 8.80. The molecule has 0 aliphatic carbocycles. The van der Waals surface area contributed by atoms with Gasteiger partial charge in [0.05, 0.1) is 4.90 Å². The van der Waals surface area contributed by atoms with Gasteiger partial charge in [-0.05, 0) is 31.0 Å². The van der Waals surface area contributed by atoms with Gasteiger partial charge in [-0.25, -0.2) is 12.7 Å². The minimum Gasteiger partial charge on any atom is -0.385 e. The Kier molecular flexibility index (Phi) is 6.85. The molecule has 0 atom stereocenters. The van der Waals surface area contributed by atoms with Crippen LogP contribution in [0.3, 0.4) is 0 Å². The molecule has 1 aromatic rings. The van der Waals surface area contributed by atoms with Gasteiger partial charge in [-0.3, -0.25) is 0 Å². The Bertz CT molecular complexity index is 629. The van der Waals surface area contributed by atoms with E-state index in [1.54, 1.807) is 25.3 Å². The van der Waals surface area contributed by atoms with Crippen LogP contribution in [0, 0.1) is 18.8 Å². The third-order valence-electron chi connectivity index (χ3n) is 2.95. The molecule has 0 radical (unpaired) electrons. The van der Waals surface area contributed by atoms with Crippen molar-refractivity contribution < 1.29 is 18.3 Å². The molecule has 1 rings (SSSR count). The van der Waals surface area contributed by atoms with Crippen LogP contribution in [-0.2, 0) is 14.8 Å². The SMILES string of the molecule is COCCCN(C)S(=O)(=O)c1ccc(C)cc1C#CCO. The number of hydrogen-bond donors (Lipinski definition) is 1. The van der Waals surface area contributed by atoms with Gasteiger partial charge in [-0.1, -0.05) is 17.9 Å². The molecule has 0 spiro atoms. The lowest BCUT2D eigenvalue weighted by atomic mass is 10.1. The first-order valence-electron chi connectivity index (χ1n) is 6.59. The number of methoxy groups -OCH3 is 1. The largest absolute Gasteiger partial charge is 0.385 e. The van der Waals surface area contributed by atoms with E-state index in [9.17, 15) is 8.42 Å². The zero-order valence-electron chi connectivity index (χ0n) is 12.6. The first kappa shape index (κ1) is 17.7. The number of aliphatic hydroxyl groups is 1. The van der Waals surface area contributed by atoms with Crippen molar-refractivity contribution >= 4 is 10.0 Å². The Balaban J connectivity index is 3.12. The van der Waals surface area contributed by atoms with Gasteiger partial charge >= 0.3 is 0 Å². The van der Waals surface area contributed by atoms with Crippen molar-refractivity contribution in [2.24, 2.45) is 0 Å². The summed E-state index contributed by atoms with van der Waals surface area (Å²) < 4.78 is 31.4. The van der Waals surface area contributed by atoms with Crippen LogP contribution in [-0.4, -0.2) is 51.7 Å². The average molecular weight is 311 g/mol. The van der Waals surface area contributed by atoms with Crippen LogP contribution >= 0.6 is 0 Å². The summed E-state index contributed by atoms with van der Waals surface area (Å²) >= 11 is 0. The summed E-state index contributed by atoms with van der Waals surface area (Å²) in [6.07, 6.45) is 0.621. The van der Waals surface area contributed by atoms with E-state index in [0.29, 0.717) is 25.1 Å². The fraction of sp³-hybridized carbons (Fsp3) is 0.467. The van der Waals surface area contributed by atoms with Gasteiger partial charge < -0.3 is 9.84 Å². The molecular weight excluding hydrogens is 290 g/mol. The van der Waals surface area contributed by atoms with Crippen LogP contribution in [0.4, 0.5) is 0 Å². The Hall–Kier alpha value is -1.39. The van der Waals surface area contributed by atoms with E-state index in [4.69, 9.17) is 9.84 Å². The van der Waals surface area contributed by atoms with Crippen LogP contribution in [0.2, 0.25) is 0 Å². The molecule has 5 nitrogen and oxygen atoms in total. The van der Waals surface area contributed by atoms with E-state index >= 15 is 0 Å². The van der Waals surface area contributed by atoms with Crippen LogP contribution in [0.5, 0.6) is 0 Å². The highest BCUT2D eigenvalue weighted by Gasteiger charge is 2.23. The highest BCUT2D eigenvalue weighted by Crippen LogP contribution is 2.20. The van der Waals surface area contributed by atoms with Crippen molar-refractivity contribution in [3.63, 3.8) is 0 Å². The van der Waals surface area contributed by atoms with Crippen molar-refractivity contribution in [2.45, 2.75) is 18.2 Å². The third kappa shape index (κ3) is 4.83. The Morgan fingerprint density at radius 2 is 2.10 bits per heavy atom. The fourth-order valence-corrected chi connectivity index (χ4v) is 3.15. The molecule has 0 aliphatic rings. The van der Waals surface area contributed by atoms with Gasteiger partial charge in [0.25, 0.3) is 0 Å². The van der Waals surface area contributed by atoms with Gasteiger partial charge in [0.2, 0.25) is 10.0 Å². The smallest absolute Gasteiger partial charge is 0.244 e. The molecule has 0 bridgehead atoms. The van der Waals surface area contributed by atoms with E-state index in [0.717, 1.165) is 5.56 Å². The molecule has 0 unspecified atom stereocenters. The van der Waals surface area contributed by atoms with Gasteiger partial charge in [-0.2, -0.15) is 0 Å². The van der Waals surface area contributed by atoms with Crippen molar-refractivity contribution in [1.82, 2.24) is 4.31 Å². The molecule has 0 aromatic heterocycles. The molecule has 116 valence electrons. The molecule has 1 N–H and O–H groups in total. The van der Waals surface area contributed by atoms with E-state index in [1.807, 2.05) is 6.92 Å². The zero-order chi connectivity index (χ0) is 15.9. The second-order valence-electron chi connectivity index (χ2n) is 4.63. The maximum Gasteiger partial charge on any atom is 0.244 e. The highest BCUT2D eigenvalue weighted by molar-refractivity contribution is 7.89. The lowest BCUT2D eigenvalue weighted by Crippen LogP contribution is -2.29. The van der Waals surface area contributed by atoms with Crippen LogP contribution in [0.25, 0.3) is 0 Å². The predicted octanol–water partition coefficient (Wildman–Crippen LogP) is 0.996. The molecular formula is C15H21NO4S. The second-order valence-corrected chi connectivity index (χ2v) is 6.65. The van der Waals surface area contributed by atoms with Crippen molar-refractivity contribution in [3.05, 3.63) is 29.3 Å². The topological polar surface area (TPSA) is 66.8 Å². The number of benzene rings is 1. The summed E-state index contributed by atoms with van der Waals surface area (Å²) in [6.45, 7) is 2.43. The summed E-state index contributed by atoms with van der Waals surface area (Å²) in [4.78, 5) is 0.161. The van der Waals surface area contributed by atoms with Crippen molar-refractivity contribution in [2.75, 3.05) is 33.9 Å². The van der Waals surface area contributed by atoms with Crippen molar-refractivity contribution in [1.29, 1.82) is 0 Å². The van der Waals surface area contributed by atoms with Crippen LogP contribution < -0.4 is 0 Å². The van der Waals surface area contributed by atoms with Gasteiger partial charge in [-0.15, -0.1) is 0 Å². The van der Waals surface area contributed by atoms with Crippen LogP contribution in [0.1, 0.15) is 17.5 Å². The minimum absolute atomic E-state index is 0.161. The fourth-order valence-electron chi connectivity index (χ4n) is 1.82. The van der Waals surface area contributed by atoms with E-state index in [-0.39, 0.29) is 11.5 Å². The molecule has 0 aliphatic heterocycles. The number of aryl methyl sites for hydroxylation is 1. The number of hydrogen-bond acceptors (Lipinski definition) is 4. The number of sulfonamides is 1. The standard InChI is InChI=1S/C15H21NO4S/c1-13-7-8-15(14(12-13)6-4-10-17)21(18,19)16(2)9-5-11-20-3/h7-8,12,17H,5,9-11H2,1-3H3. The normalized spacial score (nSPS) is 11.3. The molecule has 0 amide bonds. The van der Waals surface area contributed by atoms with E-state index in [1.165, 1.54) is 11.4 Å². The van der Waals surface area contributed by atoms with Crippen LogP contribution in [0.15, 0.2) is 23.1 Å². The second kappa shape index (κ2) is 8.15. The molecule has 21 heavy (non-hydrogen) atoms. The monoisotopic (exact) mass is 311 g/mol. The number of aliphatic hydroxyl groups excluding tert-OH is 1. The van der Waals surface area contributed by atoms with E-state index < -0.39 is 10.0 Å². The maximum atomic E-state index is 12.6. The summed E-state index contributed by atoms with van der Waals surface area (Å²) in [5.41, 5.74) is 1.32. The molecule has 0 saturated carbocycles. The zero-order valence-corrected chi connectivity index (χ0v) is 13.4. The molecule has 1 aromatic carbocycles. The predicted molar refractivity (Wildman–Crippen MR) is 81.5 cm³/mol.